The quantitative estimate of drug-likeness (QED) is 0.703. The van der Waals surface area contributed by atoms with Gasteiger partial charge in [0.25, 0.3) is 0 Å². The Kier molecular flexibility index (Phi) is 5.90. The van der Waals surface area contributed by atoms with Crippen LogP contribution in [0, 0.1) is 18.8 Å². The first-order valence-corrected chi connectivity index (χ1v) is 9.27. The molecule has 144 valence electrons. The summed E-state index contributed by atoms with van der Waals surface area (Å²) in [6.07, 6.45) is -1.20. The molecule has 0 radical (unpaired) electrons. The molecule has 1 aliphatic heterocycles. The average molecular weight is 370 g/mol. The second-order valence-electron chi connectivity index (χ2n) is 7.48. The summed E-state index contributed by atoms with van der Waals surface area (Å²) < 4.78 is 49.3. The van der Waals surface area contributed by atoms with Crippen molar-refractivity contribution in [3.8, 4) is 0 Å². The molecule has 1 saturated heterocycles. The van der Waals surface area contributed by atoms with E-state index in [0.717, 1.165) is 31.2 Å². The Morgan fingerprint density at radius 1 is 1.04 bits per heavy atom. The molecule has 2 unspecified atom stereocenters. The Morgan fingerprint density at radius 2 is 1.69 bits per heavy atom. The van der Waals surface area contributed by atoms with Gasteiger partial charge in [-0.3, -0.25) is 4.79 Å². The summed E-state index contributed by atoms with van der Waals surface area (Å²) in [6, 6.07) is 8.22. The monoisotopic (exact) mass is 370 g/mol. The number of hydrogen-bond acceptors (Lipinski definition) is 3. The molecule has 1 aromatic carbocycles. The van der Waals surface area contributed by atoms with E-state index in [2.05, 4.69) is 24.3 Å². The van der Waals surface area contributed by atoms with E-state index in [1.54, 1.807) is 0 Å². The van der Waals surface area contributed by atoms with Crippen LogP contribution in [0.25, 0.3) is 0 Å². The Morgan fingerprint density at radius 3 is 2.27 bits per heavy atom. The molecule has 1 aliphatic carbocycles. The van der Waals surface area contributed by atoms with Gasteiger partial charge in [-0.15, -0.1) is 0 Å². The molecule has 2 fully saturated rings. The van der Waals surface area contributed by atoms with Gasteiger partial charge in [-0.25, -0.2) is 0 Å². The Bertz CT molecular complexity index is 604. The van der Waals surface area contributed by atoms with Gasteiger partial charge in [0, 0.05) is 0 Å². The number of aryl methyl sites for hydroxylation is 1. The number of esters is 1. The lowest BCUT2D eigenvalue weighted by atomic mass is 9.80. The van der Waals surface area contributed by atoms with Gasteiger partial charge in [0.1, 0.15) is 6.10 Å². The fourth-order valence-corrected chi connectivity index (χ4v) is 3.89. The molecule has 0 bridgehead atoms. The molecular weight excluding hydrogens is 345 g/mol. The minimum atomic E-state index is -4.50. The minimum absolute atomic E-state index is 0.146. The van der Waals surface area contributed by atoms with E-state index < -0.39 is 18.1 Å². The summed E-state index contributed by atoms with van der Waals surface area (Å²) in [5.41, 5.74) is 2.35. The van der Waals surface area contributed by atoms with Gasteiger partial charge >= 0.3 is 12.1 Å². The molecule has 1 aromatic rings. The zero-order valence-electron chi connectivity index (χ0n) is 14.9. The van der Waals surface area contributed by atoms with Crippen LogP contribution in [0.1, 0.15) is 49.7 Å². The summed E-state index contributed by atoms with van der Waals surface area (Å²) in [5, 5.41) is 0. The normalized spacial score (nSPS) is 30.1. The lowest BCUT2D eigenvalue weighted by Gasteiger charge is -2.37. The fraction of sp³-hybridized carbons (Fsp3) is 0.650. The minimum Gasteiger partial charge on any atom is -0.462 e. The zero-order chi connectivity index (χ0) is 18.7. The van der Waals surface area contributed by atoms with Crippen molar-refractivity contribution in [2.75, 3.05) is 0 Å². The molecule has 6 heteroatoms. The SMILES string of the molecule is Cc1ccc(COC2CCC(C3CCC(C(F)(F)F)C(=O)O3)CC2)cc1. The third kappa shape index (κ3) is 4.78. The van der Waals surface area contributed by atoms with Crippen LogP contribution in [0.4, 0.5) is 13.2 Å². The van der Waals surface area contributed by atoms with Crippen LogP contribution in [0.15, 0.2) is 24.3 Å². The maximum atomic E-state index is 12.7. The van der Waals surface area contributed by atoms with Gasteiger partial charge in [0.15, 0.2) is 5.92 Å². The van der Waals surface area contributed by atoms with Crippen LogP contribution in [0.3, 0.4) is 0 Å². The molecule has 0 spiro atoms. The number of benzene rings is 1. The summed E-state index contributed by atoms with van der Waals surface area (Å²) in [7, 11) is 0. The second kappa shape index (κ2) is 7.99. The van der Waals surface area contributed by atoms with Crippen LogP contribution in [-0.4, -0.2) is 24.4 Å². The van der Waals surface area contributed by atoms with Crippen molar-refractivity contribution < 1.29 is 27.4 Å². The van der Waals surface area contributed by atoms with Gasteiger partial charge in [-0.05, 0) is 56.9 Å². The Hall–Kier alpha value is -1.56. The van der Waals surface area contributed by atoms with Crippen LogP contribution in [-0.2, 0) is 20.9 Å². The molecule has 26 heavy (non-hydrogen) atoms. The van der Waals surface area contributed by atoms with Crippen LogP contribution in [0.2, 0.25) is 0 Å². The third-order valence-electron chi connectivity index (χ3n) is 5.54. The maximum Gasteiger partial charge on any atom is 0.402 e. The van der Waals surface area contributed by atoms with E-state index in [0.29, 0.717) is 13.0 Å². The summed E-state index contributed by atoms with van der Waals surface area (Å²) in [5.74, 6) is -2.91. The van der Waals surface area contributed by atoms with E-state index in [4.69, 9.17) is 9.47 Å². The number of cyclic esters (lactones) is 1. The van der Waals surface area contributed by atoms with E-state index in [-0.39, 0.29) is 24.5 Å². The van der Waals surface area contributed by atoms with E-state index in [1.165, 1.54) is 5.56 Å². The van der Waals surface area contributed by atoms with Gasteiger partial charge in [0.05, 0.1) is 12.7 Å². The number of ether oxygens (including phenoxy) is 2. The van der Waals surface area contributed by atoms with Crippen molar-refractivity contribution in [1.29, 1.82) is 0 Å². The van der Waals surface area contributed by atoms with Gasteiger partial charge in [-0.2, -0.15) is 13.2 Å². The van der Waals surface area contributed by atoms with Crippen molar-refractivity contribution in [2.24, 2.45) is 11.8 Å². The fourth-order valence-electron chi connectivity index (χ4n) is 3.89. The first-order valence-electron chi connectivity index (χ1n) is 9.27. The first-order chi connectivity index (χ1) is 12.3. The van der Waals surface area contributed by atoms with Crippen molar-refractivity contribution >= 4 is 5.97 Å². The molecule has 2 atom stereocenters. The third-order valence-corrected chi connectivity index (χ3v) is 5.54. The number of alkyl halides is 3. The lowest BCUT2D eigenvalue weighted by molar-refractivity contribution is -0.215. The number of halogens is 3. The summed E-state index contributed by atoms with van der Waals surface area (Å²) >= 11 is 0. The number of carbonyl (C=O) groups is 1. The van der Waals surface area contributed by atoms with Crippen molar-refractivity contribution in [3.05, 3.63) is 35.4 Å². The van der Waals surface area contributed by atoms with Crippen molar-refractivity contribution in [3.63, 3.8) is 0 Å². The molecule has 1 saturated carbocycles. The van der Waals surface area contributed by atoms with E-state index >= 15 is 0 Å². The van der Waals surface area contributed by atoms with Crippen molar-refractivity contribution in [2.45, 2.75) is 70.4 Å². The largest absolute Gasteiger partial charge is 0.462 e. The van der Waals surface area contributed by atoms with Gasteiger partial charge in [0.2, 0.25) is 0 Å². The maximum absolute atomic E-state index is 12.7. The first kappa shape index (κ1) is 19.2. The number of carbonyl (C=O) groups excluding carboxylic acids is 1. The second-order valence-corrected chi connectivity index (χ2v) is 7.48. The molecule has 0 N–H and O–H groups in total. The highest BCUT2D eigenvalue weighted by atomic mass is 19.4. The molecule has 0 amide bonds. The predicted octanol–water partition coefficient (Wildman–Crippen LogP) is 4.95. The van der Waals surface area contributed by atoms with Crippen LogP contribution >= 0.6 is 0 Å². The highest BCUT2D eigenvalue weighted by Gasteiger charge is 2.49. The van der Waals surface area contributed by atoms with E-state index in [1.807, 2.05) is 6.92 Å². The molecule has 1 heterocycles. The van der Waals surface area contributed by atoms with E-state index in [9.17, 15) is 18.0 Å². The van der Waals surface area contributed by atoms with Gasteiger partial charge in [-0.1, -0.05) is 29.8 Å². The highest BCUT2D eigenvalue weighted by Crippen LogP contribution is 2.39. The van der Waals surface area contributed by atoms with Crippen LogP contribution < -0.4 is 0 Å². The topological polar surface area (TPSA) is 35.5 Å². The molecule has 2 aliphatic rings. The molecule has 0 aromatic heterocycles. The van der Waals surface area contributed by atoms with Crippen molar-refractivity contribution in [1.82, 2.24) is 0 Å². The molecule has 3 nitrogen and oxygen atoms in total. The predicted molar refractivity (Wildman–Crippen MR) is 90.4 cm³/mol. The zero-order valence-corrected chi connectivity index (χ0v) is 14.9. The number of rotatable bonds is 4. The lowest BCUT2D eigenvalue weighted by Crippen LogP contribution is -2.43. The Labute approximate surface area is 151 Å². The average Bonchev–Trinajstić information content (AvgIpc) is 2.60. The number of hydrogen-bond donors (Lipinski definition) is 0. The highest BCUT2D eigenvalue weighted by molar-refractivity contribution is 5.74. The summed E-state index contributed by atoms with van der Waals surface area (Å²) in [4.78, 5) is 11.7. The van der Waals surface area contributed by atoms with Gasteiger partial charge < -0.3 is 9.47 Å². The standard InChI is InChI=1S/C20H25F3O3/c1-13-2-4-14(5-3-13)12-25-16-8-6-15(7-9-16)18-11-10-17(19(24)26-18)20(21,22)23/h2-5,15-18H,6-12H2,1H3. The Balaban J connectivity index is 1.42. The summed E-state index contributed by atoms with van der Waals surface area (Å²) in [6.45, 7) is 2.61. The van der Waals surface area contributed by atoms with Crippen LogP contribution in [0.5, 0.6) is 0 Å². The molecular formula is C20H25F3O3. The smallest absolute Gasteiger partial charge is 0.402 e. The molecule has 3 rings (SSSR count).